The molecule has 4 rings (SSSR count). The van der Waals surface area contributed by atoms with Crippen LogP contribution in [0.4, 0.5) is 17.1 Å². The molecular weight excluding hydrogens is 549 g/mol. The summed E-state index contributed by atoms with van der Waals surface area (Å²) < 4.78 is 7.84. The molecule has 0 bridgehead atoms. The van der Waals surface area contributed by atoms with Gasteiger partial charge in [-0.15, -0.1) is 0 Å². The number of para-hydroxylation sites is 1. The van der Waals surface area contributed by atoms with Gasteiger partial charge < -0.3 is 9.64 Å². The molecule has 0 unspecified atom stereocenters. The van der Waals surface area contributed by atoms with Crippen molar-refractivity contribution in [1.29, 1.82) is 0 Å². The molecule has 150 valence electrons. The monoisotopic (exact) mass is 561 g/mol. The minimum Gasteiger partial charge on any atom is -0.457 e. The molecule has 0 aliphatic heterocycles. The summed E-state index contributed by atoms with van der Waals surface area (Å²) in [6, 6.07) is 29.3. The third-order valence-corrected chi connectivity index (χ3v) is 5.62. The van der Waals surface area contributed by atoms with Gasteiger partial charge in [-0.2, -0.15) is 0 Å². The van der Waals surface area contributed by atoms with Gasteiger partial charge in [-0.25, -0.2) is 0 Å². The van der Waals surface area contributed by atoms with E-state index in [4.69, 9.17) is 27.9 Å². The van der Waals surface area contributed by atoms with E-state index in [0.717, 1.165) is 26.0 Å². The van der Waals surface area contributed by atoms with Gasteiger partial charge in [-0.05, 0) is 60.7 Å². The first-order valence-corrected chi connectivity index (χ1v) is 11.4. The lowest BCUT2D eigenvalue weighted by Crippen LogP contribution is -2.10. The highest BCUT2D eigenvalue weighted by molar-refractivity contribution is 9.10. The molecule has 6 heteroatoms. The first-order valence-electron chi connectivity index (χ1n) is 9.03. The van der Waals surface area contributed by atoms with Crippen molar-refractivity contribution in [1.82, 2.24) is 0 Å². The number of hydrogen-bond donors (Lipinski definition) is 0. The SMILES string of the molecule is Clc1cc(Br)cc(Oc2cccc(N(c3ccccc3)c3cc(Cl)cc(Br)c3)c2)c1. The second-order valence-electron chi connectivity index (χ2n) is 6.50. The lowest BCUT2D eigenvalue weighted by atomic mass is 10.2. The summed E-state index contributed by atoms with van der Waals surface area (Å²) in [5.41, 5.74) is 2.88. The molecule has 4 aromatic rings. The normalized spacial score (nSPS) is 10.7. The first kappa shape index (κ1) is 21.3. The third kappa shape index (κ3) is 5.19. The van der Waals surface area contributed by atoms with E-state index >= 15 is 0 Å². The summed E-state index contributed by atoms with van der Waals surface area (Å²) in [7, 11) is 0. The number of halogens is 4. The highest BCUT2D eigenvalue weighted by Crippen LogP contribution is 2.39. The van der Waals surface area contributed by atoms with Crippen molar-refractivity contribution in [2.75, 3.05) is 4.90 Å². The standard InChI is InChI=1S/C24H15Br2Cl2NO/c25-16-9-18(27)13-22(11-16)29(20-5-2-1-3-6-20)21-7-4-8-23(15-21)30-24-12-17(26)10-19(28)14-24/h1-15H. The summed E-state index contributed by atoms with van der Waals surface area (Å²) in [6.07, 6.45) is 0. The third-order valence-electron chi connectivity index (χ3n) is 4.27. The van der Waals surface area contributed by atoms with E-state index in [0.29, 0.717) is 21.5 Å². The van der Waals surface area contributed by atoms with Gasteiger partial charge in [0.15, 0.2) is 0 Å². The Morgan fingerprint density at radius 1 is 0.567 bits per heavy atom. The Morgan fingerprint density at radius 3 is 1.93 bits per heavy atom. The van der Waals surface area contributed by atoms with Crippen LogP contribution in [0, 0.1) is 0 Å². The van der Waals surface area contributed by atoms with Crippen molar-refractivity contribution in [2.24, 2.45) is 0 Å². The van der Waals surface area contributed by atoms with Crippen molar-refractivity contribution in [3.63, 3.8) is 0 Å². The van der Waals surface area contributed by atoms with E-state index in [1.54, 1.807) is 6.07 Å². The van der Waals surface area contributed by atoms with Crippen LogP contribution in [0.3, 0.4) is 0 Å². The Bertz CT molecular complexity index is 1140. The van der Waals surface area contributed by atoms with Crippen LogP contribution in [-0.4, -0.2) is 0 Å². The van der Waals surface area contributed by atoms with Crippen LogP contribution in [0.1, 0.15) is 0 Å². The molecule has 0 aliphatic carbocycles. The predicted molar refractivity (Wildman–Crippen MR) is 133 cm³/mol. The van der Waals surface area contributed by atoms with Crippen LogP contribution in [0.5, 0.6) is 11.5 Å². The van der Waals surface area contributed by atoms with E-state index in [1.807, 2.05) is 72.8 Å². The Morgan fingerprint density at radius 2 is 1.23 bits per heavy atom. The summed E-state index contributed by atoms with van der Waals surface area (Å²) in [5.74, 6) is 1.35. The molecule has 0 radical (unpaired) electrons. The van der Waals surface area contributed by atoms with Crippen LogP contribution in [0.15, 0.2) is 99.9 Å². The number of nitrogens with zero attached hydrogens (tertiary/aromatic N) is 1. The average Bonchev–Trinajstić information content (AvgIpc) is 2.68. The minimum atomic E-state index is 0.602. The lowest BCUT2D eigenvalue weighted by molar-refractivity contribution is 0.482. The Kier molecular flexibility index (Phi) is 6.69. The van der Waals surface area contributed by atoms with E-state index in [-0.39, 0.29) is 0 Å². The Hall–Kier alpha value is -1.98. The van der Waals surface area contributed by atoms with E-state index in [2.05, 4.69) is 48.9 Å². The summed E-state index contributed by atoms with van der Waals surface area (Å²) >= 11 is 19.5. The van der Waals surface area contributed by atoms with Crippen LogP contribution >= 0.6 is 55.1 Å². The first-order chi connectivity index (χ1) is 14.5. The summed E-state index contributed by atoms with van der Waals surface area (Å²) in [4.78, 5) is 2.12. The molecule has 0 spiro atoms. The minimum absolute atomic E-state index is 0.602. The second-order valence-corrected chi connectivity index (χ2v) is 9.21. The van der Waals surface area contributed by atoms with E-state index < -0.39 is 0 Å². The van der Waals surface area contributed by atoms with Crippen LogP contribution in [0.25, 0.3) is 0 Å². The second kappa shape index (κ2) is 9.44. The fourth-order valence-corrected chi connectivity index (χ4v) is 4.77. The van der Waals surface area contributed by atoms with Gasteiger partial charge in [0.2, 0.25) is 0 Å². The average molecular weight is 564 g/mol. The number of benzene rings is 4. The molecule has 0 atom stereocenters. The van der Waals surface area contributed by atoms with Crippen molar-refractivity contribution < 1.29 is 4.74 Å². The van der Waals surface area contributed by atoms with Crippen LogP contribution in [-0.2, 0) is 0 Å². The van der Waals surface area contributed by atoms with E-state index in [9.17, 15) is 0 Å². The fraction of sp³-hybridized carbons (Fsp3) is 0. The highest BCUT2D eigenvalue weighted by Gasteiger charge is 2.14. The Balaban J connectivity index is 1.77. The Labute approximate surface area is 202 Å². The maximum atomic E-state index is 6.34. The quantitative estimate of drug-likeness (QED) is 0.239. The zero-order valence-electron chi connectivity index (χ0n) is 15.5. The zero-order chi connectivity index (χ0) is 21.1. The zero-order valence-corrected chi connectivity index (χ0v) is 20.2. The van der Waals surface area contributed by atoms with Gasteiger partial charge in [-0.3, -0.25) is 0 Å². The van der Waals surface area contributed by atoms with Gasteiger partial charge in [0.05, 0.1) is 0 Å². The summed E-state index contributed by atoms with van der Waals surface area (Å²) in [5, 5.41) is 1.25. The largest absolute Gasteiger partial charge is 0.457 e. The molecule has 30 heavy (non-hydrogen) atoms. The molecule has 0 amide bonds. The van der Waals surface area contributed by atoms with Gasteiger partial charge in [0, 0.05) is 42.1 Å². The maximum absolute atomic E-state index is 6.34. The van der Waals surface area contributed by atoms with Crippen LogP contribution < -0.4 is 9.64 Å². The van der Waals surface area contributed by atoms with Crippen molar-refractivity contribution in [2.45, 2.75) is 0 Å². The van der Waals surface area contributed by atoms with Gasteiger partial charge in [0.25, 0.3) is 0 Å². The van der Waals surface area contributed by atoms with Gasteiger partial charge in [0.1, 0.15) is 11.5 Å². The molecule has 0 heterocycles. The van der Waals surface area contributed by atoms with Gasteiger partial charge in [-0.1, -0.05) is 79.3 Å². The predicted octanol–water partition coefficient (Wildman–Crippen LogP) is 9.78. The van der Waals surface area contributed by atoms with Crippen LogP contribution in [0.2, 0.25) is 10.0 Å². The van der Waals surface area contributed by atoms with Crippen molar-refractivity contribution in [3.05, 3.63) is 110 Å². The maximum Gasteiger partial charge on any atom is 0.130 e. The smallest absolute Gasteiger partial charge is 0.130 e. The molecule has 0 saturated carbocycles. The van der Waals surface area contributed by atoms with Crippen molar-refractivity contribution >= 4 is 72.1 Å². The summed E-state index contributed by atoms with van der Waals surface area (Å²) in [6.45, 7) is 0. The molecule has 0 fully saturated rings. The molecule has 2 nitrogen and oxygen atoms in total. The molecule has 0 N–H and O–H groups in total. The number of hydrogen-bond acceptors (Lipinski definition) is 2. The molecule has 4 aromatic carbocycles. The molecule has 0 saturated heterocycles. The molecular formula is C24H15Br2Cl2NO. The topological polar surface area (TPSA) is 12.5 Å². The number of anilines is 3. The fourth-order valence-electron chi connectivity index (χ4n) is 3.10. The van der Waals surface area contributed by atoms with Gasteiger partial charge >= 0.3 is 0 Å². The highest BCUT2D eigenvalue weighted by atomic mass is 79.9. The number of ether oxygens (including phenoxy) is 1. The van der Waals surface area contributed by atoms with Crippen molar-refractivity contribution in [3.8, 4) is 11.5 Å². The van der Waals surface area contributed by atoms with E-state index in [1.165, 1.54) is 0 Å². The molecule has 0 aromatic heterocycles. The lowest BCUT2D eigenvalue weighted by Gasteiger charge is -2.26. The molecule has 0 aliphatic rings. The number of rotatable bonds is 5.